The lowest BCUT2D eigenvalue weighted by Crippen LogP contribution is -2.35. The van der Waals surface area contributed by atoms with Gasteiger partial charge in [-0.15, -0.1) is 11.8 Å². The minimum Gasteiger partial charge on any atom is -0.379 e. The molecule has 3 rings (SSSR count). The average Bonchev–Trinajstić information content (AvgIpc) is 2.72. The van der Waals surface area contributed by atoms with Crippen molar-refractivity contribution >= 4 is 23.6 Å². The summed E-state index contributed by atoms with van der Waals surface area (Å²) in [6.07, 6.45) is 0. The maximum atomic E-state index is 12.6. The van der Waals surface area contributed by atoms with Gasteiger partial charge >= 0.3 is 0 Å². The van der Waals surface area contributed by atoms with E-state index in [0.29, 0.717) is 12.1 Å². The number of carbonyl (C=O) groups is 2. The van der Waals surface area contributed by atoms with Crippen molar-refractivity contribution in [1.29, 1.82) is 0 Å². The molecule has 3 N–H and O–H groups in total. The Morgan fingerprint density at radius 1 is 1.04 bits per heavy atom. The Morgan fingerprint density at radius 2 is 1.71 bits per heavy atom. The van der Waals surface area contributed by atoms with E-state index in [1.807, 2.05) is 30.3 Å². The summed E-state index contributed by atoms with van der Waals surface area (Å²) in [6.45, 7) is 4.88. The number of hydrogen-bond donors (Lipinski definition) is 2. The van der Waals surface area contributed by atoms with Crippen LogP contribution in [0.25, 0.3) is 0 Å². The van der Waals surface area contributed by atoms with Crippen LogP contribution in [0, 0.1) is 0 Å². The minimum absolute atomic E-state index is 0.148. The van der Waals surface area contributed by atoms with Crippen LogP contribution < -0.4 is 11.1 Å². The van der Waals surface area contributed by atoms with Gasteiger partial charge in [0.2, 0.25) is 5.91 Å². The van der Waals surface area contributed by atoms with Crippen LogP contribution in [0.4, 0.5) is 0 Å². The lowest BCUT2D eigenvalue weighted by Gasteiger charge is -2.26. The SMILES string of the molecule is NC(=O)CSc1ccccc1C(=O)NCc1ccc(CN2CCOCC2)cc1. The van der Waals surface area contributed by atoms with Gasteiger partial charge in [-0.1, -0.05) is 36.4 Å². The summed E-state index contributed by atoms with van der Waals surface area (Å²) >= 11 is 1.27. The van der Waals surface area contributed by atoms with Crippen LogP contribution in [0.3, 0.4) is 0 Å². The molecule has 0 bridgehead atoms. The lowest BCUT2D eigenvalue weighted by atomic mass is 10.1. The predicted molar refractivity (Wildman–Crippen MR) is 110 cm³/mol. The number of nitrogens with zero attached hydrogens (tertiary/aromatic N) is 1. The van der Waals surface area contributed by atoms with Crippen molar-refractivity contribution in [2.24, 2.45) is 5.73 Å². The zero-order chi connectivity index (χ0) is 19.8. The first-order valence-electron chi connectivity index (χ1n) is 9.28. The Kier molecular flexibility index (Phi) is 7.47. The van der Waals surface area contributed by atoms with E-state index in [2.05, 4.69) is 22.3 Å². The second-order valence-electron chi connectivity index (χ2n) is 6.64. The van der Waals surface area contributed by atoms with E-state index in [-0.39, 0.29) is 11.7 Å². The Bertz CT molecular complexity index is 805. The third-order valence-corrected chi connectivity index (χ3v) is 5.58. The smallest absolute Gasteiger partial charge is 0.252 e. The number of rotatable bonds is 8. The summed E-state index contributed by atoms with van der Waals surface area (Å²) in [5.41, 5.74) is 8.05. The Labute approximate surface area is 169 Å². The molecule has 1 saturated heterocycles. The number of carbonyl (C=O) groups excluding carboxylic acids is 2. The second-order valence-corrected chi connectivity index (χ2v) is 7.66. The van der Waals surface area contributed by atoms with Gasteiger partial charge in [-0.3, -0.25) is 14.5 Å². The fraction of sp³-hybridized carbons (Fsp3) is 0.333. The van der Waals surface area contributed by atoms with Crippen LogP contribution in [0.5, 0.6) is 0 Å². The number of nitrogens with two attached hydrogens (primary N) is 1. The van der Waals surface area contributed by atoms with E-state index in [4.69, 9.17) is 10.5 Å². The molecule has 0 atom stereocenters. The number of hydrogen-bond acceptors (Lipinski definition) is 5. The fourth-order valence-electron chi connectivity index (χ4n) is 2.99. The standard InChI is InChI=1S/C21H25N3O3S/c22-20(25)15-28-19-4-2-1-3-18(19)21(26)23-13-16-5-7-17(8-6-16)14-24-9-11-27-12-10-24/h1-8H,9-15H2,(H2,22,25)(H,23,26). The summed E-state index contributed by atoms with van der Waals surface area (Å²) in [6, 6.07) is 15.5. The number of ether oxygens (including phenoxy) is 1. The average molecular weight is 400 g/mol. The van der Waals surface area contributed by atoms with Crippen LogP contribution in [-0.4, -0.2) is 48.8 Å². The highest BCUT2D eigenvalue weighted by atomic mass is 32.2. The molecule has 1 aliphatic rings. The molecule has 0 unspecified atom stereocenters. The molecule has 0 aromatic heterocycles. The summed E-state index contributed by atoms with van der Waals surface area (Å²) in [7, 11) is 0. The van der Waals surface area contributed by atoms with E-state index in [0.717, 1.165) is 43.3 Å². The largest absolute Gasteiger partial charge is 0.379 e. The van der Waals surface area contributed by atoms with E-state index in [1.165, 1.54) is 17.3 Å². The molecule has 148 valence electrons. The van der Waals surface area contributed by atoms with E-state index >= 15 is 0 Å². The number of amides is 2. The number of morpholine rings is 1. The van der Waals surface area contributed by atoms with Crippen molar-refractivity contribution in [1.82, 2.24) is 10.2 Å². The van der Waals surface area contributed by atoms with Crippen molar-refractivity contribution in [2.75, 3.05) is 32.1 Å². The van der Waals surface area contributed by atoms with Crippen molar-refractivity contribution in [2.45, 2.75) is 18.0 Å². The van der Waals surface area contributed by atoms with Gasteiger partial charge < -0.3 is 15.8 Å². The van der Waals surface area contributed by atoms with Crippen molar-refractivity contribution in [3.05, 3.63) is 65.2 Å². The maximum absolute atomic E-state index is 12.6. The molecule has 0 aliphatic carbocycles. The summed E-state index contributed by atoms with van der Waals surface area (Å²) < 4.78 is 5.38. The van der Waals surface area contributed by atoms with E-state index < -0.39 is 5.91 Å². The van der Waals surface area contributed by atoms with Crippen molar-refractivity contribution in [3.8, 4) is 0 Å². The zero-order valence-electron chi connectivity index (χ0n) is 15.7. The van der Waals surface area contributed by atoms with Crippen LogP contribution in [-0.2, 0) is 22.6 Å². The Morgan fingerprint density at radius 3 is 2.43 bits per heavy atom. The van der Waals surface area contributed by atoms with Crippen LogP contribution in [0.1, 0.15) is 21.5 Å². The molecule has 0 spiro atoms. The van der Waals surface area contributed by atoms with Gasteiger partial charge in [-0.2, -0.15) is 0 Å². The van der Waals surface area contributed by atoms with Gasteiger partial charge in [-0.05, 0) is 23.3 Å². The van der Waals surface area contributed by atoms with Crippen LogP contribution in [0.2, 0.25) is 0 Å². The fourth-order valence-corrected chi connectivity index (χ4v) is 3.78. The third-order valence-electron chi connectivity index (χ3n) is 4.49. The predicted octanol–water partition coefficient (Wildman–Crippen LogP) is 2.03. The van der Waals surface area contributed by atoms with Crippen molar-refractivity contribution in [3.63, 3.8) is 0 Å². The second kappa shape index (κ2) is 10.3. The molecule has 28 heavy (non-hydrogen) atoms. The van der Waals surface area contributed by atoms with Gasteiger partial charge in [0.1, 0.15) is 0 Å². The molecule has 2 aromatic carbocycles. The molecule has 0 saturated carbocycles. The van der Waals surface area contributed by atoms with Crippen LogP contribution >= 0.6 is 11.8 Å². The summed E-state index contributed by atoms with van der Waals surface area (Å²) in [5, 5.41) is 2.95. The molecule has 6 nitrogen and oxygen atoms in total. The minimum atomic E-state index is -0.405. The summed E-state index contributed by atoms with van der Waals surface area (Å²) in [4.78, 5) is 26.7. The molecular formula is C21H25N3O3S. The summed E-state index contributed by atoms with van der Waals surface area (Å²) in [5.74, 6) is -0.420. The number of benzene rings is 2. The quantitative estimate of drug-likeness (QED) is 0.664. The third kappa shape index (κ3) is 6.09. The Hall–Kier alpha value is -2.35. The van der Waals surface area contributed by atoms with E-state index in [1.54, 1.807) is 6.07 Å². The van der Waals surface area contributed by atoms with Gasteiger partial charge in [0.15, 0.2) is 0 Å². The molecule has 2 amide bonds. The lowest BCUT2D eigenvalue weighted by molar-refractivity contribution is -0.115. The number of thioether (sulfide) groups is 1. The maximum Gasteiger partial charge on any atom is 0.252 e. The molecule has 7 heteroatoms. The normalized spacial score (nSPS) is 14.6. The highest BCUT2D eigenvalue weighted by molar-refractivity contribution is 8.00. The molecule has 1 heterocycles. The van der Waals surface area contributed by atoms with Gasteiger partial charge in [-0.25, -0.2) is 0 Å². The topological polar surface area (TPSA) is 84.7 Å². The highest BCUT2D eigenvalue weighted by Gasteiger charge is 2.13. The van der Waals surface area contributed by atoms with Crippen molar-refractivity contribution < 1.29 is 14.3 Å². The first-order valence-corrected chi connectivity index (χ1v) is 10.3. The van der Waals surface area contributed by atoms with E-state index in [9.17, 15) is 9.59 Å². The molecule has 2 aromatic rings. The first-order chi connectivity index (χ1) is 13.6. The zero-order valence-corrected chi connectivity index (χ0v) is 16.5. The van der Waals surface area contributed by atoms with Crippen LogP contribution in [0.15, 0.2) is 53.4 Å². The molecule has 0 radical (unpaired) electrons. The monoisotopic (exact) mass is 399 g/mol. The number of nitrogens with one attached hydrogen (secondary N) is 1. The van der Waals surface area contributed by atoms with Gasteiger partial charge in [0.25, 0.3) is 5.91 Å². The van der Waals surface area contributed by atoms with Gasteiger partial charge in [0, 0.05) is 31.1 Å². The number of primary amides is 1. The molecule has 1 aliphatic heterocycles. The van der Waals surface area contributed by atoms with Gasteiger partial charge in [0.05, 0.1) is 24.5 Å². The molecule has 1 fully saturated rings. The Balaban J connectivity index is 1.54. The molecular weight excluding hydrogens is 374 g/mol. The highest BCUT2D eigenvalue weighted by Crippen LogP contribution is 2.22. The first kappa shape index (κ1) is 20.4.